The van der Waals surface area contributed by atoms with Gasteiger partial charge < -0.3 is 10.2 Å². The van der Waals surface area contributed by atoms with E-state index in [1.807, 2.05) is 40.1 Å². The van der Waals surface area contributed by atoms with Gasteiger partial charge in [-0.1, -0.05) is 18.2 Å². The molecule has 0 unspecified atom stereocenters. The fourth-order valence-corrected chi connectivity index (χ4v) is 3.89. The van der Waals surface area contributed by atoms with E-state index in [1.165, 1.54) is 5.56 Å². The highest BCUT2D eigenvalue weighted by Crippen LogP contribution is 2.27. The molecule has 0 atom stereocenters. The molecule has 0 radical (unpaired) electrons. The molecule has 0 aromatic heterocycles. The van der Waals surface area contributed by atoms with Crippen molar-refractivity contribution >= 4 is 23.3 Å². The highest BCUT2D eigenvalue weighted by atomic mass is 16.2. The number of hydrogen-bond acceptors (Lipinski definition) is 2. The summed E-state index contributed by atoms with van der Waals surface area (Å²) >= 11 is 0. The molecule has 2 aliphatic rings. The zero-order valence-corrected chi connectivity index (χ0v) is 15.5. The van der Waals surface area contributed by atoms with Crippen molar-refractivity contribution in [1.82, 2.24) is 4.90 Å². The zero-order valence-electron chi connectivity index (χ0n) is 15.5. The third-order valence-electron chi connectivity index (χ3n) is 5.38. The lowest BCUT2D eigenvalue weighted by atomic mass is 10.1. The molecule has 4 rings (SSSR count). The van der Waals surface area contributed by atoms with Crippen molar-refractivity contribution < 1.29 is 9.59 Å². The van der Waals surface area contributed by atoms with E-state index in [-0.39, 0.29) is 11.9 Å². The van der Waals surface area contributed by atoms with E-state index < -0.39 is 0 Å². The van der Waals surface area contributed by atoms with Gasteiger partial charge in [-0.15, -0.1) is 0 Å². The number of likely N-dealkylation sites (tertiary alicyclic amines) is 1. The van der Waals surface area contributed by atoms with Crippen molar-refractivity contribution in [2.24, 2.45) is 0 Å². The standard InChI is InChI=1S/C22H25N3O2/c26-21(24-14-5-6-15-24)18-10-12-19(13-11-18)23-22(27)25-16-4-3-8-17-7-1-2-9-20(17)25/h1-2,7,9-13H,3-6,8,14-16H2,(H,23,27). The van der Waals surface area contributed by atoms with Gasteiger partial charge in [0.1, 0.15) is 0 Å². The van der Waals surface area contributed by atoms with Crippen LogP contribution in [0.3, 0.4) is 0 Å². The quantitative estimate of drug-likeness (QED) is 0.865. The lowest BCUT2D eigenvalue weighted by Gasteiger charge is -2.23. The normalized spacial score (nSPS) is 16.6. The second-order valence-corrected chi connectivity index (χ2v) is 7.24. The Balaban J connectivity index is 1.46. The summed E-state index contributed by atoms with van der Waals surface area (Å²) in [5, 5.41) is 2.98. The molecular formula is C22H25N3O2. The Morgan fingerprint density at radius 2 is 1.52 bits per heavy atom. The summed E-state index contributed by atoms with van der Waals surface area (Å²) in [6, 6.07) is 15.2. The second-order valence-electron chi connectivity index (χ2n) is 7.24. The van der Waals surface area contributed by atoms with Crippen LogP contribution < -0.4 is 10.2 Å². The van der Waals surface area contributed by atoms with Gasteiger partial charge in [-0.05, 0) is 68.0 Å². The number of aryl methyl sites for hydroxylation is 1. The number of carbonyl (C=O) groups excluding carboxylic acids is 2. The maximum atomic E-state index is 12.9. The summed E-state index contributed by atoms with van der Waals surface area (Å²) < 4.78 is 0. The van der Waals surface area contributed by atoms with Gasteiger partial charge in [-0.2, -0.15) is 0 Å². The van der Waals surface area contributed by atoms with Crippen LogP contribution in [0.15, 0.2) is 48.5 Å². The first-order valence-corrected chi connectivity index (χ1v) is 9.78. The van der Waals surface area contributed by atoms with Gasteiger partial charge in [0.15, 0.2) is 0 Å². The number of fused-ring (bicyclic) bond motifs is 1. The fraction of sp³-hybridized carbons (Fsp3) is 0.364. The number of urea groups is 1. The maximum absolute atomic E-state index is 12.9. The van der Waals surface area contributed by atoms with Crippen LogP contribution in [0.5, 0.6) is 0 Å². The van der Waals surface area contributed by atoms with Gasteiger partial charge in [0, 0.05) is 36.6 Å². The molecule has 2 aromatic carbocycles. The molecule has 0 aliphatic carbocycles. The molecular weight excluding hydrogens is 338 g/mol. The Morgan fingerprint density at radius 1 is 0.815 bits per heavy atom. The smallest absolute Gasteiger partial charge is 0.326 e. The molecule has 1 N–H and O–H groups in total. The first kappa shape index (κ1) is 17.6. The molecule has 0 spiro atoms. The first-order chi connectivity index (χ1) is 13.2. The van der Waals surface area contributed by atoms with Crippen LogP contribution in [-0.4, -0.2) is 36.5 Å². The van der Waals surface area contributed by atoms with Crippen molar-refractivity contribution in [2.45, 2.75) is 32.1 Å². The average Bonchev–Trinajstić information content (AvgIpc) is 3.15. The minimum atomic E-state index is -0.122. The third-order valence-corrected chi connectivity index (χ3v) is 5.38. The molecule has 3 amide bonds. The molecule has 0 saturated carbocycles. The first-order valence-electron chi connectivity index (χ1n) is 9.78. The molecule has 27 heavy (non-hydrogen) atoms. The average molecular weight is 363 g/mol. The van der Waals surface area contributed by atoms with E-state index in [0.29, 0.717) is 17.8 Å². The molecule has 140 valence electrons. The highest BCUT2D eigenvalue weighted by molar-refractivity contribution is 6.02. The molecule has 5 nitrogen and oxygen atoms in total. The summed E-state index contributed by atoms with van der Waals surface area (Å²) in [7, 11) is 0. The highest BCUT2D eigenvalue weighted by Gasteiger charge is 2.22. The van der Waals surface area contributed by atoms with Crippen LogP contribution in [0.4, 0.5) is 16.2 Å². The minimum Gasteiger partial charge on any atom is -0.339 e. The van der Waals surface area contributed by atoms with E-state index in [4.69, 9.17) is 0 Å². The summed E-state index contributed by atoms with van der Waals surface area (Å²) in [5.74, 6) is 0.0758. The van der Waals surface area contributed by atoms with Crippen LogP contribution in [-0.2, 0) is 6.42 Å². The predicted octanol–water partition coefficient (Wildman–Crippen LogP) is 4.30. The summed E-state index contributed by atoms with van der Waals surface area (Å²) in [4.78, 5) is 29.0. The molecule has 2 aromatic rings. The van der Waals surface area contributed by atoms with Gasteiger partial charge in [-0.25, -0.2) is 4.79 Å². The van der Waals surface area contributed by atoms with Crippen LogP contribution in [0.2, 0.25) is 0 Å². The van der Waals surface area contributed by atoms with Crippen molar-refractivity contribution in [3.8, 4) is 0 Å². The van der Waals surface area contributed by atoms with E-state index in [1.54, 1.807) is 12.1 Å². The molecule has 0 bridgehead atoms. The molecule has 2 heterocycles. The van der Waals surface area contributed by atoms with E-state index in [0.717, 1.165) is 50.9 Å². The number of para-hydroxylation sites is 1. The van der Waals surface area contributed by atoms with Crippen molar-refractivity contribution in [3.05, 3.63) is 59.7 Å². The summed E-state index contributed by atoms with van der Waals surface area (Å²) in [6.07, 6.45) is 5.25. The number of anilines is 2. The van der Waals surface area contributed by atoms with Crippen LogP contribution in [0.1, 0.15) is 41.6 Å². The molecule has 2 aliphatic heterocycles. The number of hydrogen-bond donors (Lipinski definition) is 1. The van der Waals surface area contributed by atoms with Crippen LogP contribution in [0, 0.1) is 0 Å². The Bertz CT molecular complexity index is 826. The second kappa shape index (κ2) is 7.82. The fourth-order valence-electron chi connectivity index (χ4n) is 3.89. The van der Waals surface area contributed by atoms with E-state index >= 15 is 0 Å². The number of benzene rings is 2. The van der Waals surface area contributed by atoms with Crippen LogP contribution >= 0.6 is 0 Å². The number of amides is 3. The number of carbonyl (C=O) groups is 2. The Hall–Kier alpha value is -2.82. The Kier molecular flexibility index (Phi) is 5.10. The number of rotatable bonds is 2. The molecule has 5 heteroatoms. The van der Waals surface area contributed by atoms with Gasteiger partial charge in [-0.3, -0.25) is 9.69 Å². The zero-order chi connectivity index (χ0) is 18.6. The van der Waals surface area contributed by atoms with Crippen LogP contribution in [0.25, 0.3) is 0 Å². The Labute approximate surface area is 160 Å². The van der Waals surface area contributed by atoms with Gasteiger partial charge in [0.05, 0.1) is 0 Å². The maximum Gasteiger partial charge on any atom is 0.326 e. The molecule has 1 saturated heterocycles. The van der Waals surface area contributed by atoms with Gasteiger partial charge in [0.25, 0.3) is 5.91 Å². The lowest BCUT2D eigenvalue weighted by molar-refractivity contribution is 0.0793. The lowest BCUT2D eigenvalue weighted by Crippen LogP contribution is -2.35. The van der Waals surface area contributed by atoms with Crippen molar-refractivity contribution in [2.75, 3.05) is 29.9 Å². The summed E-state index contributed by atoms with van der Waals surface area (Å²) in [6.45, 7) is 2.39. The number of nitrogens with zero attached hydrogens (tertiary/aromatic N) is 2. The SMILES string of the molecule is O=C(c1ccc(NC(=O)N2CCCCc3ccccc32)cc1)N1CCCC1. The van der Waals surface area contributed by atoms with Crippen molar-refractivity contribution in [3.63, 3.8) is 0 Å². The number of nitrogens with one attached hydrogen (secondary N) is 1. The van der Waals surface area contributed by atoms with Gasteiger partial charge >= 0.3 is 6.03 Å². The third kappa shape index (κ3) is 3.82. The van der Waals surface area contributed by atoms with Gasteiger partial charge in [0.2, 0.25) is 0 Å². The predicted molar refractivity (Wildman–Crippen MR) is 107 cm³/mol. The van der Waals surface area contributed by atoms with E-state index in [2.05, 4.69) is 11.4 Å². The molecule has 1 fully saturated rings. The topological polar surface area (TPSA) is 52.7 Å². The van der Waals surface area contributed by atoms with Crippen molar-refractivity contribution in [1.29, 1.82) is 0 Å². The Morgan fingerprint density at radius 3 is 2.30 bits per heavy atom. The largest absolute Gasteiger partial charge is 0.339 e. The monoisotopic (exact) mass is 363 g/mol. The minimum absolute atomic E-state index is 0.0758. The summed E-state index contributed by atoms with van der Waals surface area (Å²) in [5.41, 5.74) is 3.60. The van der Waals surface area contributed by atoms with E-state index in [9.17, 15) is 9.59 Å².